The molecule has 0 bridgehead atoms. The van der Waals surface area contributed by atoms with Crippen LogP contribution in [0.15, 0.2) is 83.0 Å². The summed E-state index contributed by atoms with van der Waals surface area (Å²) in [5.41, 5.74) is 9.44. The lowest BCUT2D eigenvalue weighted by Gasteiger charge is -2.27. The van der Waals surface area contributed by atoms with Gasteiger partial charge >= 0.3 is 0 Å². The number of hydrazone groups is 2. The number of carbonyl (C=O) groups excluding carboxylic acids is 2. The van der Waals surface area contributed by atoms with Gasteiger partial charge in [0.15, 0.2) is 11.6 Å². The molecule has 16 heteroatoms. The fourth-order valence-corrected chi connectivity index (χ4v) is 7.18. The first kappa shape index (κ1) is 41.0. The Kier molecular flexibility index (Phi) is 15.6. The molecule has 5 heterocycles. The Morgan fingerprint density at radius 1 is 0.815 bits per heavy atom. The number of rotatable bonds is 13. The lowest BCUT2D eigenvalue weighted by Crippen LogP contribution is -2.35. The SMILES string of the molecule is CN1C=NN(c2ccc(N)cc2)CC1.CN1C=NN(c2ccc(NC[C@@H](O)CCC(=O)c3ccc(Cl)s3)cc2)CC1.O=C(CC[C@H]1CO1)c1ccc(Cl)s1. The number of ether oxygens (including phenoxy) is 1. The number of carbonyl (C=O) groups is 2. The number of thiophene rings is 2. The highest BCUT2D eigenvalue weighted by Crippen LogP contribution is 2.26. The average molecular weight is 814 g/mol. The summed E-state index contributed by atoms with van der Waals surface area (Å²) >= 11 is 14.2. The predicted octanol–water partition coefficient (Wildman–Crippen LogP) is 7.26. The van der Waals surface area contributed by atoms with Crippen LogP contribution in [0.4, 0.5) is 22.7 Å². The van der Waals surface area contributed by atoms with Crippen LogP contribution in [0.2, 0.25) is 8.67 Å². The lowest BCUT2D eigenvalue weighted by molar-refractivity contribution is 0.0949. The number of nitrogen functional groups attached to an aromatic ring is 1. The Morgan fingerprint density at radius 3 is 1.76 bits per heavy atom. The average Bonchev–Trinajstić information content (AvgIpc) is 3.75. The van der Waals surface area contributed by atoms with E-state index in [4.69, 9.17) is 33.7 Å². The van der Waals surface area contributed by atoms with Crippen molar-refractivity contribution in [3.05, 3.63) is 91.2 Å². The topological polar surface area (TPSA) is 143 Å². The predicted molar refractivity (Wildman–Crippen MR) is 224 cm³/mol. The number of aliphatic hydroxyl groups is 1. The quantitative estimate of drug-likeness (QED) is 0.0718. The van der Waals surface area contributed by atoms with Crippen LogP contribution in [-0.4, -0.2) is 105 Å². The molecule has 54 heavy (non-hydrogen) atoms. The number of hydrogen-bond donors (Lipinski definition) is 3. The Labute approximate surface area is 334 Å². The molecule has 7 rings (SSSR count). The highest BCUT2D eigenvalue weighted by molar-refractivity contribution is 7.18. The van der Waals surface area contributed by atoms with E-state index in [9.17, 15) is 14.7 Å². The molecule has 12 nitrogen and oxygen atoms in total. The van der Waals surface area contributed by atoms with E-state index < -0.39 is 6.10 Å². The molecule has 288 valence electrons. The first-order valence-corrected chi connectivity index (χ1v) is 20.0. The highest BCUT2D eigenvalue weighted by Gasteiger charge is 2.23. The van der Waals surface area contributed by atoms with Gasteiger partial charge in [0.2, 0.25) is 0 Å². The molecule has 0 radical (unpaired) electrons. The van der Waals surface area contributed by atoms with Gasteiger partial charge in [0.05, 0.1) is 61.7 Å². The molecule has 0 spiro atoms. The standard InChI is InChI=1S/C19H23ClN4O2S.C10H14N4.C9H9ClO2S/c1-23-10-11-24(22-13-23)15-4-2-14(3-5-15)21-12-16(25)6-7-17(26)18-8-9-19(20)27-18;1-13-6-7-14(12-8-13)10-4-2-9(11)3-5-10;10-9-4-3-8(13-9)7(11)2-1-6-5-12-6/h2-5,8-9,13,16,21,25H,6-7,10-12H2,1H3;2-5,8H,6-7,11H2,1H3;3-4,6H,1-2,5H2/t16-;;6-/m0.0/s1. The number of epoxide rings is 1. The van der Waals surface area contributed by atoms with Gasteiger partial charge in [-0.05, 0) is 85.6 Å². The minimum atomic E-state index is -0.591. The van der Waals surface area contributed by atoms with Crippen LogP contribution >= 0.6 is 45.9 Å². The number of hydrogen-bond acceptors (Lipinski definition) is 14. The Morgan fingerprint density at radius 2 is 1.31 bits per heavy atom. The molecule has 4 aromatic rings. The Hall–Kier alpha value is -4.18. The second-order valence-electron chi connectivity index (χ2n) is 12.9. The van der Waals surface area contributed by atoms with Crippen molar-refractivity contribution < 1.29 is 19.4 Å². The van der Waals surface area contributed by atoms with Crippen molar-refractivity contribution in [1.29, 1.82) is 0 Å². The summed E-state index contributed by atoms with van der Waals surface area (Å²) < 4.78 is 6.30. The first-order chi connectivity index (χ1) is 26.0. The van der Waals surface area contributed by atoms with Crippen LogP contribution in [0.25, 0.3) is 0 Å². The molecule has 0 saturated carbocycles. The van der Waals surface area contributed by atoms with Gasteiger partial charge in [-0.3, -0.25) is 19.6 Å². The van der Waals surface area contributed by atoms with E-state index in [2.05, 4.69) is 20.4 Å². The number of nitrogens with two attached hydrogens (primary N) is 1. The van der Waals surface area contributed by atoms with Gasteiger partial charge in [-0.1, -0.05) is 23.2 Å². The summed E-state index contributed by atoms with van der Waals surface area (Å²) in [6.07, 6.45) is 5.52. The van der Waals surface area contributed by atoms with Crippen LogP contribution in [0.5, 0.6) is 0 Å². The lowest BCUT2D eigenvalue weighted by atomic mass is 10.1. The minimum Gasteiger partial charge on any atom is -0.399 e. The highest BCUT2D eigenvalue weighted by atomic mass is 35.5. The molecule has 2 aromatic heterocycles. The minimum absolute atomic E-state index is 0.0167. The monoisotopic (exact) mass is 812 g/mol. The van der Waals surface area contributed by atoms with Gasteiger partial charge < -0.3 is 30.7 Å². The van der Waals surface area contributed by atoms with E-state index in [1.54, 1.807) is 24.3 Å². The van der Waals surface area contributed by atoms with Crippen LogP contribution in [0, 0.1) is 0 Å². The van der Waals surface area contributed by atoms with Gasteiger partial charge in [0, 0.05) is 57.9 Å². The molecular weight excluding hydrogens is 768 g/mol. The number of anilines is 4. The molecule has 1 saturated heterocycles. The van der Waals surface area contributed by atoms with Crippen LogP contribution in [-0.2, 0) is 4.74 Å². The summed E-state index contributed by atoms with van der Waals surface area (Å²) in [6.45, 7) is 4.90. The third-order valence-corrected chi connectivity index (χ3v) is 11.0. The van der Waals surface area contributed by atoms with E-state index >= 15 is 0 Å². The summed E-state index contributed by atoms with van der Waals surface area (Å²) in [6, 6.07) is 22.7. The maximum Gasteiger partial charge on any atom is 0.172 e. The van der Waals surface area contributed by atoms with Crippen LogP contribution < -0.4 is 21.1 Å². The first-order valence-electron chi connectivity index (χ1n) is 17.6. The summed E-state index contributed by atoms with van der Waals surface area (Å²) in [5, 5.41) is 26.0. The molecule has 2 aromatic carbocycles. The summed E-state index contributed by atoms with van der Waals surface area (Å²) in [5.74, 6) is 0.190. The number of aliphatic hydroxyl groups excluding tert-OH is 1. The zero-order valence-electron chi connectivity index (χ0n) is 30.3. The van der Waals surface area contributed by atoms with Crippen molar-refractivity contribution in [3.63, 3.8) is 0 Å². The van der Waals surface area contributed by atoms with E-state index in [1.165, 1.54) is 22.7 Å². The summed E-state index contributed by atoms with van der Waals surface area (Å²) in [7, 11) is 4.02. The number of likely N-dealkylation sites (N-methyl/N-ethyl adjacent to an activating group) is 2. The van der Waals surface area contributed by atoms with Crippen molar-refractivity contribution in [2.45, 2.75) is 37.9 Å². The van der Waals surface area contributed by atoms with Crippen LogP contribution in [0.1, 0.15) is 45.0 Å². The van der Waals surface area contributed by atoms with Crippen molar-refractivity contribution in [2.24, 2.45) is 10.2 Å². The molecule has 3 aliphatic rings. The van der Waals surface area contributed by atoms with E-state index in [-0.39, 0.29) is 11.6 Å². The molecular formula is C38H46Cl2N8O4S2. The fourth-order valence-electron chi connectivity index (χ4n) is 5.16. The second-order valence-corrected chi connectivity index (χ2v) is 16.4. The number of benzene rings is 2. The van der Waals surface area contributed by atoms with E-state index in [1.807, 2.05) is 90.2 Å². The molecule has 0 unspecified atom stereocenters. The molecule has 0 amide bonds. The number of ketones is 2. The zero-order valence-corrected chi connectivity index (χ0v) is 33.5. The van der Waals surface area contributed by atoms with E-state index in [0.717, 1.165) is 66.8 Å². The van der Waals surface area contributed by atoms with Gasteiger partial charge in [0.1, 0.15) is 12.7 Å². The van der Waals surface area contributed by atoms with Crippen molar-refractivity contribution in [1.82, 2.24) is 9.80 Å². The zero-order chi connectivity index (χ0) is 38.5. The molecule has 3 aliphatic heterocycles. The number of halogens is 2. The normalized spacial score (nSPS) is 16.6. The maximum atomic E-state index is 12.0. The third kappa shape index (κ3) is 13.6. The molecule has 1 fully saturated rings. The number of Topliss-reactive ketones (excluding diaryl/α,β-unsaturated/α-hetero) is 2. The molecule has 2 atom stereocenters. The number of nitrogens with one attached hydrogen (secondary N) is 1. The smallest absolute Gasteiger partial charge is 0.172 e. The van der Waals surface area contributed by atoms with Gasteiger partial charge in [-0.25, -0.2) is 0 Å². The second kappa shape index (κ2) is 20.5. The van der Waals surface area contributed by atoms with Crippen molar-refractivity contribution >= 4 is 92.9 Å². The van der Waals surface area contributed by atoms with Crippen molar-refractivity contribution in [2.75, 3.05) is 74.5 Å². The Bertz CT molecular complexity index is 1850. The molecule has 4 N–H and O–H groups in total. The summed E-state index contributed by atoms with van der Waals surface area (Å²) in [4.78, 5) is 29.0. The fraction of sp³-hybridized carbons (Fsp3) is 0.368. The Balaban J connectivity index is 0.000000173. The number of nitrogens with zero attached hydrogens (tertiary/aromatic N) is 6. The van der Waals surface area contributed by atoms with Gasteiger partial charge in [0.25, 0.3) is 0 Å². The van der Waals surface area contributed by atoms with Crippen molar-refractivity contribution in [3.8, 4) is 0 Å². The maximum absolute atomic E-state index is 12.0. The van der Waals surface area contributed by atoms with Crippen LogP contribution in [0.3, 0.4) is 0 Å². The van der Waals surface area contributed by atoms with Gasteiger partial charge in [-0.15, -0.1) is 22.7 Å². The van der Waals surface area contributed by atoms with E-state index in [0.29, 0.717) is 45.5 Å². The third-order valence-electron chi connectivity index (χ3n) is 8.50. The largest absolute Gasteiger partial charge is 0.399 e. The molecule has 0 aliphatic carbocycles. The van der Waals surface area contributed by atoms with Gasteiger partial charge in [-0.2, -0.15) is 10.2 Å².